The van der Waals surface area contributed by atoms with Crippen LogP contribution in [0.1, 0.15) is 124 Å². The zero-order chi connectivity index (χ0) is 19.6. The minimum atomic E-state index is -0.479. The number of aliphatic hydroxyl groups is 1. The van der Waals surface area contributed by atoms with Gasteiger partial charge in [0.15, 0.2) is 0 Å². The van der Waals surface area contributed by atoms with Gasteiger partial charge in [-0.15, -0.1) is 0 Å². The van der Waals surface area contributed by atoms with Crippen molar-refractivity contribution in [2.24, 2.45) is 5.92 Å². The Morgan fingerprint density at radius 2 is 1.19 bits per heavy atom. The van der Waals surface area contributed by atoms with E-state index < -0.39 is 6.10 Å². The third-order valence-corrected chi connectivity index (χ3v) is 5.16. The Kier molecular flexibility index (Phi) is 17.4. The molecule has 3 heteroatoms. The summed E-state index contributed by atoms with van der Waals surface area (Å²) in [6.07, 6.45) is 18.1. The van der Waals surface area contributed by atoms with Crippen LogP contribution in [0.15, 0.2) is 0 Å². The van der Waals surface area contributed by atoms with E-state index in [0.717, 1.165) is 19.3 Å². The quantitative estimate of drug-likeness (QED) is 0.275. The van der Waals surface area contributed by atoms with E-state index in [2.05, 4.69) is 26.1 Å². The van der Waals surface area contributed by atoms with E-state index in [1.807, 2.05) is 0 Å². The summed E-state index contributed by atoms with van der Waals surface area (Å²) in [5.74, 6) is 0.575. The number of unbranched alkanes of at least 4 members (excludes halogenated alkanes) is 12. The van der Waals surface area contributed by atoms with Crippen molar-refractivity contribution in [2.75, 3.05) is 0 Å². The van der Waals surface area contributed by atoms with Crippen molar-refractivity contribution in [3.8, 4) is 0 Å². The summed E-state index contributed by atoms with van der Waals surface area (Å²) in [6.45, 7) is 8.27. The van der Waals surface area contributed by atoms with Gasteiger partial charge in [0.1, 0.15) is 0 Å². The van der Waals surface area contributed by atoms with Crippen LogP contribution in [0.2, 0.25) is 0 Å². The van der Waals surface area contributed by atoms with Crippen LogP contribution in [-0.2, 0) is 4.79 Å². The van der Waals surface area contributed by atoms with Gasteiger partial charge < -0.3 is 10.4 Å². The molecule has 0 fully saturated rings. The average Bonchev–Trinajstić information content (AvgIpc) is 2.58. The molecule has 0 aromatic carbocycles. The molecule has 2 N–H and O–H groups in total. The van der Waals surface area contributed by atoms with Crippen molar-refractivity contribution >= 4 is 5.91 Å². The number of hydrogen-bond donors (Lipinski definition) is 2. The fourth-order valence-electron chi connectivity index (χ4n) is 3.47. The molecule has 0 rings (SSSR count). The van der Waals surface area contributed by atoms with Crippen LogP contribution in [0.4, 0.5) is 0 Å². The molecule has 0 radical (unpaired) electrons. The molecule has 0 spiro atoms. The van der Waals surface area contributed by atoms with Gasteiger partial charge in [-0.2, -0.15) is 0 Å². The number of aliphatic hydroxyl groups excluding tert-OH is 1. The second-order valence-corrected chi connectivity index (χ2v) is 8.54. The van der Waals surface area contributed by atoms with Crippen molar-refractivity contribution in [2.45, 2.75) is 136 Å². The van der Waals surface area contributed by atoms with Crippen molar-refractivity contribution in [1.82, 2.24) is 5.32 Å². The molecule has 3 nitrogen and oxygen atoms in total. The molecular formula is C23H47NO2. The van der Waals surface area contributed by atoms with Crippen LogP contribution in [-0.4, -0.2) is 23.2 Å². The van der Waals surface area contributed by atoms with E-state index in [4.69, 9.17) is 0 Å². The van der Waals surface area contributed by atoms with Gasteiger partial charge in [0, 0.05) is 6.42 Å². The molecule has 1 unspecified atom stereocenters. The lowest BCUT2D eigenvalue weighted by molar-refractivity contribution is -0.122. The summed E-state index contributed by atoms with van der Waals surface area (Å²) in [5, 5.41) is 12.8. The van der Waals surface area contributed by atoms with Crippen LogP contribution in [0.5, 0.6) is 0 Å². The van der Waals surface area contributed by atoms with E-state index in [0.29, 0.717) is 12.3 Å². The van der Waals surface area contributed by atoms with Crippen LogP contribution >= 0.6 is 0 Å². The highest BCUT2D eigenvalue weighted by molar-refractivity contribution is 5.76. The van der Waals surface area contributed by atoms with Gasteiger partial charge in [-0.1, -0.05) is 97.8 Å². The van der Waals surface area contributed by atoms with Crippen molar-refractivity contribution in [1.29, 1.82) is 0 Å². The molecule has 0 heterocycles. The van der Waals surface area contributed by atoms with E-state index >= 15 is 0 Å². The Balaban J connectivity index is 3.44. The molecule has 0 aromatic rings. The first-order chi connectivity index (χ1) is 12.5. The highest BCUT2D eigenvalue weighted by Gasteiger charge is 2.18. The third-order valence-electron chi connectivity index (χ3n) is 5.16. The first kappa shape index (κ1) is 25.4. The van der Waals surface area contributed by atoms with Gasteiger partial charge in [-0.3, -0.25) is 4.79 Å². The van der Waals surface area contributed by atoms with Gasteiger partial charge in [0.2, 0.25) is 5.91 Å². The monoisotopic (exact) mass is 369 g/mol. The minimum Gasteiger partial charge on any atom is -0.391 e. The second-order valence-electron chi connectivity index (χ2n) is 8.54. The number of hydrogen-bond acceptors (Lipinski definition) is 2. The van der Waals surface area contributed by atoms with Crippen LogP contribution in [0, 0.1) is 5.92 Å². The molecule has 0 aliphatic heterocycles. The first-order valence-electron chi connectivity index (χ1n) is 11.4. The Bertz CT molecular complexity index is 315. The highest BCUT2D eigenvalue weighted by atomic mass is 16.3. The zero-order valence-corrected chi connectivity index (χ0v) is 18.2. The summed E-state index contributed by atoms with van der Waals surface area (Å²) in [6, 6.07) is -0.107. The molecule has 156 valence electrons. The van der Waals surface area contributed by atoms with E-state index in [1.54, 1.807) is 6.92 Å². The zero-order valence-electron chi connectivity index (χ0n) is 18.2. The Morgan fingerprint density at radius 3 is 1.58 bits per heavy atom. The Morgan fingerprint density at radius 1 is 0.769 bits per heavy atom. The molecule has 0 aromatic heterocycles. The van der Waals surface area contributed by atoms with Gasteiger partial charge in [0.25, 0.3) is 0 Å². The summed E-state index contributed by atoms with van der Waals surface area (Å²) < 4.78 is 0. The van der Waals surface area contributed by atoms with Crippen molar-refractivity contribution in [3.63, 3.8) is 0 Å². The summed E-state index contributed by atoms with van der Waals surface area (Å²) in [7, 11) is 0. The third kappa shape index (κ3) is 16.9. The standard InChI is InChI=1S/C23H47NO2/c1-5-6-7-8-9-10-11-12-13-14-15-16-17-18-23(26)24-22(21(4)25)19-20(2)3/h20-22,25H,5-19H2,1-4H3,(H,24,26)/t21?,22-/m0/s1. The second kappa shape index (κ2) is 17.8. The van der Waals surface area contributed by atoms with Gasteiger partial charge >= 0.3 is 0 Å². The van der Waals surface area contributed by atoms with E-state index in [-0.39, 0.29) is 11.9 Å². The number of nitrogens with one attached hydrogen (secondary N) is 1. The van der Waals surface area contributed by atoms with Gasteiger partial charge in [0.05, 0.1) is 12.1 Å². The summed E-state index contributed by atoms with van der Waals surface area (Å²) in [4.78, 5) is 12.0. The molecular weight excluding hydrogens is 322 g/mol. The number of amides is 1. The van der Waals surface area contributed by atoms with E-state index in [1.165, 1.54) is 70.6 Å². The average molecular weight is 370 g/mol. The Labute approximate surface area is 163 Å². The molecule has 1 amide bonds. The molecule has 2 atom stereocenters. The van der Waals surface area contributed by atoms with E-state index in [9.17, 15) is 9.90 Å². The maximum atomic E-state index is 12.0. The van der Waals surface area contributed by atoms with Crippen LogP contribution in [0.25, 0.3) is 0 Å². The highest BCUT2D eigenvalue weighted by Crippen LogP contribution is 2.13. The smallest absolute Gasteiger partial charge is 0.220 e. The first-order valence-corrected chi connectivity index (χ1v) is 11.4. The molecule has 0 aliphatic rings. The molecule has 0 aliphatic carbocycles. The van der Waals surface area contributed by atoms with Gasteiger partial charge in [-0.05, 0) is 25.7 Å². The molecule has 0 bridgehead atoms. The largest absolute Gasteiger partial charge is 0.391 e. The lowest BCUT2D eigenvalue weighted by Crippen LogP contribution is -2.42. The van der Waals surface area contributed by atoms with Crippen molar-refractivity contribution < 1.29 is 9.90 Å². The number of carbonyl (C=O) groups is 1. The normalized spacial score (nSPS) is 13.8. The van der Waals surface area contributed by atoms with Crippen LogP contribution in [0.3, 0.4) is 0 Å². The fraction of sp³-hybridized carbons (Fsp3) is 0.957. The van der Waals surface area contributed by atoms with Gasteiger partial charge in [-0.25, -0.2) is 0 Å². The molecule has 0 saturated heterocycles. The number of carbonyl (C=O) groups excluding carboxylic acids is 1. The predicted molar refractivity (Wildman–Crippen MR) is 113 cm³/mol. The Hall–Kier alpha value is -0.570. The SMILES string of the molecule is CCCCCCCCCCCCCCCC(=O)N[C@@H](CC(C)C)C(C)O. The fourth-order valence-corrected chi connectivity index (χ4v) is 3.47. The maximum absolute atomic E-state index is 12.0. The lowest BCUT2D eigenvalue weighted by Gasteiger charge is -2.23. The predicted octanol–water partition coefficient (Wildman–Crippen LogP) is 6.38. The maximum Gasteiger partial charge on any atom is 0.220 e. The number of rotatable bonds is 18. The lowest BCUT2D eigenvalue weighted by atomic mass is 9.99. The molecule has 26 heavy (non-hydrogen) atoms. The summed E-state index contributed by atoms with van der Waals surface area (Å²) >= 11 is 0. The minimum absolute atomic E-state index is 0.0969. The molecule has 0 saturated carbocycles. The van der Waals surface area contributed by atoms with Crippen molar-refractivity contribution in [3.05, 3.63) is 0 Å². The summed E-state index contributed by atoms with van der Waals surface area (Å²) in [5.41, 5.74) is 0. The van der Waals surface area contributed by atoms with Crippen LogP contribution < -0.4 is 5.32 Å². The topological polar surface area (TPSA) is 49.3 Å².